The van der Waals surface area contributed by atoms with Crippen molar-refractivity contribution in [1.82, 2.24) is 15.8 Å². The van der Waals surface area contributed by atoms with E-state index in [0.29, 0.717) is 30.2 Å². The lowest BCUT2D eigenvalue weighted by Gasteiger charge is -2.33. The SMILES string of the molecule is CC1CCC2(CC1)NC(=O)N(NC(=O)CCc1ccc(Cl)cc1)C2=O. The van der Waals surface area contributed by atoms with Crippen molar-refractivity contribution in [1.29, 1.82) is 0 Å². The number of halogens is 1. The smallest absolute Gasteiger partial charge is 0.322 e. The van der Waals surface area contributed by atoms with Crippen LogP contribution in [0.5, 0.6) is 0 Å². The van der Waals surface area contributed by atoms with E-state index in [4.69, 9.17) is 11.6 Å². The van der Waals surface area contributed by atoms with E-state index in [2.05, 4.69) is 17.7 Å². The molecule has 0 unspecified atom stereocenters. The number of nitrogens with one attached hydrogen (secondary N) is 2. The largest absolute Gasteiger partial charge is 0.344 e. The van der Waals surface area contributed by atoms with E-state index in [1.54, 1.807) is 12.1 Å². The number of hydrazine groups is 1. The molecular weight excluding hydrogens is 342 g/mol. The first-order chi connectivity index (χ1) is 11.9. The van der Waals surface area contributed by atoms with Crippen LogP contribution in [-0.2, 0) is 16.0 Å². The molecule has 1 aliphatic heterocycles. The number of hydrogen-bond acceptors (Lipinski definition) is 3. The van der Waals surface area contributed by atoms with Gasteiger partial charge in [0.25, 0.3) is 5.91 Å². The van der Waals surface area contributed by atoms with Gasteiger partial charge in [-0.2, -0.15) is 5.01 Å². The third-order valence-corrected chi connectivity index (χ3v) is 5.33. The standard InChI is InChI=1S/C18H22ClN3O3/c1-12-8-10-18(11-9-12)16(24)22(17(25)20-18)21-15(23)7-4-13-2-5-14(19)6-3-13/h2-3,5-6,12H,4,7-11H2,1H3,(H,20,25)(H,21,23). The Morgan fingerprint density at radius 3 is 2.56 bits per heavy atom. The molecule has 1 saturated carbocycles. The predicted molar refractivity (Wildman–Crippen MR) is 93.7 cm³/mol. The third kappa shape index (κ3) is 3.79. The molecular formula is C18H22ClN3O3. The molecule has 0 bridgehead atoms. The molecule has 7 heteroatoms. The van der Waals surface area contributed by atoms with Gasteiger partial charge in [-0.3, -0.25) is 15.0 Å². The third-order valence-electron chi connectivity index (χ3n) is 5.08. The van der Waals surface area contributed by atoms with E-state index in [1.165, 1.54) is 0 Å². The van der Waals surface area contributed by atoms with Crippen LogP contribution in [0.3, 0.4) is 0 Å². The van der Waals surface area contributed by atoms with Gasteiger partial charge < -0.3 is 5.32 Å². The van der Waals surface area contributed by atoms with Crippen molar-refractivity contribution in [3.05, 3.63) is 34.9 Å². The van der Waals surface area contributed by atoms with Gasteiger partial charge in [0.1, 0.15) is 5.54 Å². The zero-order chi connectivity index (χ0) is 18.0. The summed E-state index contributed by atoms with van der Waals surface area (Å²) in [6.07, 6.45) is 3.72. The number of rotatable bonds is 4. The summed E-state index contributed by atoms with van der Waals surface area (Å²) in [7, 11) is 0. The van der Waals surface area contributed by atoms with Crippen LogP contribution in [0.4, 0.5) is 4.79 Å². The van der Waals surface area contributed by atoms with Gasteiger partial charge in [-0.15, -0.1) is 0 Å². The number of carbonyl (C=O) groups excluding carboxylic acids is 3. The van der Waals surface area contributed by atoms with Crippen molar-refractivity contribution in [3.8, 4) is 0 Å². The summed E-state index contributed by atoms with van der Waals surface area (Å²) in [5.41, 5.74) is 2.58. The Balaban J connectivity index is 1.56. The van der Waals surface area contributed by atoms with E-state index in [1.807, 2.05) is 12.1 Å². The zero-order valence-corrected chi connectivity index (χ0v) is 14.9. The summed E-state index contributed by atoms with van der Waals surface area (Å²) in [5.74, 6) is -0.151. The highest BCUT2D eigenvalue weighted by atomic mass is 35.5. The second kappa shape index (κ2) is 7.04. The molecule has 2 fully saturated rings. The lowest BCUT2D eigenvalue weighted by Crippen LogP contribution is -2.51. The van der Waals surface area contributed by atoms with Crippen LogP contribution >= 0.6 is 11.6 Å². The number of urea groups is 1. The number of hydrogen-bond donors (Lipinski definition) is 2. The van der Waals surface area contributed by atoms with Crippen LogP contribution < -0.4 is 10.7 Å². The van der Waals surface area contributed by atoms with E-state index in [9.17, 15) is 14.4 Å². The minimum absolute atomic E-state index is 0.183. The second-order valence-electron chi connectivity index (χ2n) is 7.00. The minimum atomic E-state index is -0.840. The van der Waals surface area contributed by atoms with Gasteiger partial charge in [0.2, 0.25) is 5.91 Å². The maximum atomic E-state index is 12.7. The first kappa shape index (κ1) is 17.7. The minimum Gasteiger partial charge on any atom is -0.322 e. The van der Waals surface area contributed by atoms with Crippen LogP contribution in [0.25, 0.3) is 0 Å². The average Bonchev–Trinajstić information content (AvgIpc) is 2.82. The summed E-state index contributed by atoms with van der Waals surface area (Å²) < 4.78 is 0. The molecule has 1 aliphatic carbocycles. The molecule has 6 nitrogen and oxygen atoms in total. The van der Waals surface area contributed by atoms with Crippen LogP contribution in [-0.4, -0.2) is 28.4 Å². The highest BCUT2D eigenvalue weighted by Crippen LogP contribution is 2.35. The van der Waals surface area contributed by atoms with Gasteiger partial charge in [0.15, 0.2) is 0 Å². The summed E-state index contributed by atoms with van der Waals surface area (Å²) in [6.45, 7) is 2.14. The Bertz CT molecular complexity index is 681. The maximum absolute atomic E-state index is 12.7. The van der Waals surface area contributed by atoms with Gasteiger partial charge in [-0.05, 0) is 55.7 Å². The fourth-order valence-electron chi connectivity index (χ4n) is 3.41. The molecule has 1 saturated heterocycles. The molecule has 0 aromatic heterocycles. The van der Waals surface area contributed by atoms with Gasteiger partial charge in [0.05, 0.1) is 0 Å². The van der Waals surface area contributed by atoms with E-state index in [-0.39, 0.29) is 18.2 Å². The van der Waals surface area contributed by atoms with Gasteiger partial charge in [0, 0.05) is 11.4 Å². The molecule has 1 spiro atoms. The number of imide groups is 1. The first-order valence-corrected chi connectivity index (χ1v) is 8.98. The van der Waals surface area contributed by atoms with E-state index >= 15 is 0 Å². The predicted octanol–water partition coefficient (Wildman–Crippen LogP) is 2.80. The van der Waals surface area contributed by atoms with E-state index in [0.717, 1.165) is 23.4 Å². The van der Waals surface area contributed by atoms with Crippen molar-refractivity contribution in [2.24, 2.45) is 5.92 Å². The molecule has 0 radical (unpaired) electrons. The average molecular weight is 364 g/mol. The molecule has 4 amide bonds. The van der Waals surface area contributed by atoms with Gasteiger partial charge >= 0.3 is 6.03 Å². The molecule has 2 aliphatic rings. The van der Waals surface area contributed by atoms with Crippen LogP contribution in [0.1, 0.15) is 44.6 Å². The molecule has 3 rings (SSSR count). The normalized spacial score (nSPS) is 26.0. The second-order valence-corrected chi connectivity index (χ2v) is 7.43. The number of benzene rings is 1. The Morgan fingerprint density at radius 2 is 1.92 bits per heavy atom. The topological polar surface area (TPSA) is 78.5 Å². The Labute approximate surface area is 151 Å². The summed E-state index contributed by atoms with van der Waals surface area (Å²) >= 11 is 5.83. The Hall–Kier alpha value is -2.08. The lowest BCUT2D eigenvalue weighted by atomic mass is 9.77. The number of aryl methyl sites for hydroxylation is 1. The summed E-state index contributed by atoms with van der Waals surface area (Å²) in [5, 5.41) is 4.27. The van der Waals surface area contributed by atoms with Gasteiger partial charge in [-0.25, -0.2) is 4.79 Å². The molecule has 0 atom stereocenters. The maximum Gasteiger partial charge on any atom is 0.344 e. The highest BCUT2D eigenvalue weighted by Gasteiger charge is 2.52. The molecule has 1 aromatic carbocycles. The van der Waals surface area contributed by atoms with Crippen LogP contribution in [0, 0.1) is 5.92 Å². The summed E-state index contributed by atoms with van der Waals surface area (Å²) in [6, 6.07) is 6.68. The fraction of sp³-hybridized carbons (Fsp3) is 0.500. The van der Waals surface area contributed by atoms with Crippen molar-refractivity contribution in [3.63, 3.8) is 0 Å². The molecule has 1 aromatic rings. The van der Waals surface area contributed by atoms with E-state index < -0.39 is 11.6 Å². The quantitative estimate of drug-likeness (QED) is 0.807. The van der Waals surface area contributed by atoms with Crippen LogP contribution in [0.2, 0.25) is 5.02 Å². The monoisotopic (exact) mass is 363 g/mol. The summed E-state index contributed by atoms with van der Waals surface area (Å²) in [4.78, 5) is 37.0. The lowest BCUT2D eigenvalue weighted by molar-refractivity contribution is -0.140. The van der Waals surface area contributed by atoms with Gasteiger partial charge in [-0.1, -0.05) is 30.7 Å². The molecule has 1 heterocycles. The molecule has 134 valence electrons. The zero-order valence-electron chi connectivity index (χ0n) is 14.2. The van der Waals surface area contributed by atoms with Crippen molar-refractivity contribution in [2.75, 3.05) is 0 Å². The molecule has 2 N–H and O–H groups in total. The van der Waals surface area contributed by atoms with Crippen molar-refractivity contribution >= 4 is 29.4 Å². The van der Waals surface area contributed by atoms with Crippen molar-refractivity contribution < 1.29 is 14.4 Å². The first-order valence-electron chi connectivity index (χ1n) is 8.60. The van der Waals surface area contributed by atoms with Crippen LogP contribution in [0.15, 0.2) is 24.3 Å². The highest BCUT2D eigenvalue weighted by molar-refractivity contribution is 6.30. The number of nitrogens with zero attached hydrogens (tertiary/aromatic N) is 1. The fourth-order valence-corrected chi connectivity index (χ4v) is 3.53. The Morgan fingerprint density at radius 1 is 1.28 bits per heavy atom. The molecule has 25 heavy (non-hydrogen) atoms. The Kier molecular flexibility index (Phi) is 4.99. The number of amides is 4. The van der Waals surface area contributed by atoms with Crippen molar-refractivity contribution in [2.45, 2.75) is 51.0 Å². The number of carbonyl (C=O) groups is 3.